The van der Waals surface area contributed by atoms with Crippen LogP contribution in [0.2, 0.25) is 0 Å². The zero-order chi connectivity index (χ0) is 14.1. The van der Waals surface area contributed by atoms with Crippen LogP contribution in [-0.4, -0.2) is 31.6 Å². The molecule has 1 atom stereocenters. The summed E-state index contributed by atoms with van der Waals surface area (Å²) >= 11 is 0. The molecule has 2 aliphatic rings. The highest BCUT2D eigenvalue weighted by molar-refractivity contribution is 5.77. The maximum absolute atomic E-state index is 12.2. The Morgan fingerprint density at radius 1 is 1.10 bits per heavy atom. The summed E-state index contributed by atoms with van der Waals surface area (Å²) in [6, 6.07) is 4.37. The number of hydrogen-bond acceptors (Lipinski definition) is 3. The number of benzene rings is 1. The van der Waals surface area contributed by atoms with Gasteiger partial charge >= 0.3 is 0 Å². The number of aryl methyl sites for hydroxylation is 1. The van der Waals surface area contributed by atoms with Crippen molar-refractivity contribution in [1.82, 2.24) is 4.90 Å². The molecule has 1 aromatic rings. The summed E-state index contributed by atoms with van der Waals surface area (Å²) in [6.45, 7) is 0.886. The molecule has 108 valence electrons. The summed E-state index contributed by atoms with van der Waals surface area (Å²) in [7, 11) is 3.32. The summed E-state index contributed by atoms with van der Waals surface area (Å²) in [5, 5.41) is 0. The Balaban J connectivity index is 2.08. The van der Waals surface area contributed by atoms with Crippen molar-refractivity contribution < 1.29 is 14.3 Å². The molecule has 2 aliphatic heterocycles. The van der Waals surface area contributed by atoms with Crippen LogP contribution in [0.4, 0.5) is 0 Å². The van der Waals surface area contributed by atoms with E-state index in [-0.39, 0.29) is 6.04 Å². The fourth-order valence-electron chi connectivity index (χ4n) is 3.43. The molecule has 0 aromatic heterocycles. The monoisotopic (exact) mass is 275 g/mol. The van der Waals surface area contributed by atoms with Crippen molar-refractivity contribution in [2.24, 2.45) is 0 Å². The molecule has 1 unspecified atom stereocenters. The minimum absolute atomic E-state index is 0.220. The van der Waals surface area contributed by atoms with E-state index in [0.717, 1.165) is 43.7 Å². The standard InChI is InChI=1S/C16H21NO3/c1-19-14-9-11-5-3-7-16(18)17-8-4-6-13(17)12(11)10-15(14)20-2/h9-10,13H,3-8H2,1-2H3. The molecule has 0 saturated carbocycles. The molecule has 4 nitrogen and oxygen atoms in total. The van der Waals surface area contributed by atoms with E-state index in [1.165, 1.54) is 11.1 Å². The highest BCUT2D eigenvalue weighted by Gasteiger charge is 2.33. The van der Waals surface area contributed by atoms with E-state index in [1.54, 1.807) is 14.2 Å². The first kappa shape index (κ1) is 13.3. The topological polar surface area (TPSA) is 38.8 Å². The number of ether oxygens (including phenoxy) is 2. The van der Waals surface area contributed by atoms with E-state index in [4.69, 9.17) is 9.47 Å². The maximum Gasteiger partial charge on any atom is 0.223 e. The van der Waals surface area contributed by atoms with Crippen LogP contribution in [0.25, 0.3) is 0 Å². The van der Waals surface area contributed by atoms with Crippen LogP contribution < -0.4 is 9.47 Å². The largest absolute Gasteiger partial charge is 0.493 e. The third kappa shape index (κ3) is 2.13. The molecule has 4 heteroatoms. The Morgan fingerprint density at radius 2 is 1.85 bits per heavy atom. The van der Waals surface area contributed by atoms with E-state index >= 15 is 0 Å². The molecular formula is C16H21NO3. The fourth-order valence-corrected chi connectivity index (χ4v) is 3.43. The second kappa shape index (κ2) is 5.35. The van der Waals surface area contributed by atoms with Crippen molar-refractivity contribution in [2.75, 3.05) is 20.8 Å². The number of nitrogens with zero attached hydrogens (tertiary/aromatic N) is 1. The lowest BCUT2D eigenvalue weighted by molar-refractivity contribution is -0.132. The smallest absolute Gasteiger partial charge is 0.223 e. The molecule has 20 heavy (non-hydrogen) atoms. The first-order chi connectivity index (χ1) is 9.74. The SMILES string of the molecule is COc1cc2c(cc1OC)C1CCCN1C(=O)CCC2. The van der Waals surface area contributed by atoms with Crippen LogP contribution >= 0.6 is 0 Å². The van der Waals surface area contributed by atoms with Crippen molar-refractivity contribution in [3.63, 3.8) is 0 Å². The Bertz CT molecular complexity index is 527. The van der Waals surface area contributed by atoms with Gasteiger partial charge in [0.2, 0.25) is 5.91 Å². The summed E-state index contributed by atoms with van der Waals surface area (Å²) < 4.78 is 10.8. The summed E-state index contributed by atoms with van der Waals surface area (Å²) in [6.07, 6.45) is 4.64. The van der Waals surface area contributed by atoms with Crippen LogP contribution in [0.15, 0.2) is 12.1 Å². The zero-order valence-corrected chi connectivity index (χ0v) is 12.1. The minimum atomic E-state index is 0.220. The number of rotatable bonds is 2. The molecular weight excluding hydrogens is 254 g/mol. The van der Waals surface area contributed by atoms with E-state index < -0.39 is 0 Å². The average Bonchev–Trinajstić information content (AvgIpc) is 2.94. The van der Waals surface area contributed by atoms with Gasteiger partial charge in [0.25, 0.3) is 0 Å². The Kier molecular flexibility index (Phi) is 3.55. The third-order valence-electron chi connectivity index (χ3n) is 4.41. The Labute approximate surface area is 119 Å². The first-order valence-corrected chi connectivity index (χ1v) is 7.29. The molecule has 3 rings (SSSR count). The lowest BCUT2D eigenvalue weighted by Crippen LogP contribution is -2.32. The van der Waals surface area contributed by atoms with Crippen molar-refractivity contribution >= 4 is 5.91 Å². The van der Waals surface area contributed by atoms with E-state index in [2.05, 4.69) is 12.1 Å². The van der Waals surface area contributed by atoms with Gasteiger partial charge in [-0.25, -0.2) is 0 Å². The molecule has 1 saturated heterocycles. The summed E-state index contributed by atoms with van der Waals surface area (Å²) in [5.74, 6) is 1.83. The Morgan fingerprint density at radius 3 is 2.60 bits per heavy atom. The summed E-state index contributed by atoms with van der Waals surface area (Å²) in [5.41, 5.74) is 2.54. The van der Waals surface area contributed by atoms with Gasteiger partial charge in [0, 0.05) is 13.0 Å². The van der Waals surface area contributed by atoms with Crippen LogP contribution in [-0.2, 0) is 11.2 Å². The quantitative estimate of drug-likeness (QED) is 0.833. The minimum Gasteiger partial charge on any atom is -0.493 e. The van der Waals surface area contributed by atoms with Gasteiger partial charge in [-0.15, -0.1) is 0 Å². The highest BCUT2D eigenvalue weighted by Crippen LogP contribution is 2.41. The van der Waals surface area contributed by atoms with Crippen LogP contribution in [0.1, 0.15) is 42.9 Å². The number of fused-ring (bicyclic) bond motifs is 3. The molecule has 0 N–H and O–H groups in total. The Hall–Kier alpha value is -1.71. The number of carbonyl (C=O) groups is 1. The average molecular weight is 275 g/mol. The summed E-state index contributed by atoms with van der Waals surface area (Å²) in [4.78, 5) is 14.3. The molecule has 1 amide bonds. The van der Waals surface area contributed by atoms with Gasteiger partial charge in [0.1, 0.15) is 0 Å². The molecule has 0 spiro atoms. The van der Waals surface area contributed by atoms with E-state index in [1.807, 2.05) is 4.90 Å². The predicted octanol–water partition coefficient (Wildman–Crippen LogP) is 2.70. The predicted molar refractivity (Wildman–Crippen MR) is 76.2 cm³/mol. The number of methoxy groups -OCH3 is 2. The molecule has 0 radical (unpaired) electrons. The maximum atomic E-state index is 12.2. The van der Waals surface area contributed by atoms with Gasteiger partial charge in [-0.3, -0.25) is 4.79 Å². The second-order valence-corrected chi connectivity index (χ2v) is 5.50. The number of hydrogen-bond donors (Lipinski definition) is 0. The molecule has 1 aromatic carbocycles. The van der Waals surface area contributed by atoms with Crippen LogP contribution in [0.3, 0.4) is 0 Å². The number of amides is 1. The fraction of sp³-hybridized carbons (Fsp3) is 0.562. The molecule has 0 bridgehead atoms. The van der Waals surface area contributed by atoms with Gasteiger partial charge in [0.05, 0.1) is 20.3 Å². The number of carbonyl (C=O) groups excluding carboxylic acids is 1. The lowest BCUT2D eigenvalue weighted by Gasteiger charge is -2.30. The second-order valence-electron chi connectivity index (χ2n) is 5.50. The molecule has 2 heterocycles. The van der Waals surface area contributed by atoms with E-state index in [9.17, 15) is 4.79 Å². The van der Waals surface area contributed by atoms with Crippen molar-refractivity contribution in [3.8, 4) is 11.5 Å². The van der Waals surface area contributed by atoms with Crippen molar-refractivity contribution in [2.45, 2.75) is 38.1 Å². The zero-order valence-electron chi connectivity index (χ0n) is 12.1. The van der Waals surface area contributed by atoms with Crippen molar-refractivity contribution in [3.05, 3.63) is 23.3 Å². The first-order valence-electron chi connectivity index (χ1n) is 7.29. The van der Waals surface area contributed by atoms with Gasteiger partial charge < -0.3 is 14.4 Å². The third-order valence-corrected chi connectivity index (χ3v) is 4.41. The van der Waals surface area contributed by atoms with Gasteiger partial charge in [-0.2, -0.15) is 0 Å². The lowest BCUT2D eigenvalue weighted by atomic mass is 9.92. The van der Waals surface area contributed by atoms with Gasteiger partial charge in [0.15, 0.2) is 11.5 Å². The normalized spacial score (nSPS) is 21.8. The van der Waals surface area contributed by atoms with Crippen LogP contribution in [0, 0.1) is 0 Å². The highest BCUT2D eigenvalue weighted by atomic mass is 16.5. The van der Waals surface area contributed by atoms with Crippen molar-refractivity contribution in [1.29, 1.82) is 0 Å². The van der Waals surface area contributed by atoms with E-state index in [0.29, 0.717) is 12.3 Å². The van der Waals surface area contributed by atoms with Gasteiger partial charge in [-0.1, -0.05) is 0 Å². The van der Waals surface area contributed by atoms with Crippen LogP contribution in [0.5, 0.6) is 11.5 Å². The molecule has 1 fully saturated rings. The molecule has 0 aliphatic carbocycles. The van der Waals surface area contributed by atoms with Gasteiger partial charge in [-0.05, 0) is 48.9 Å².